The summed E-state index contributed by atoms with van der Waals surface area (Å²) in [4.78, 5) is 0. The fourth-order valence-corrected chi connectivity index (χ4v) is 1.12. The zero-order chi connectivity index (χ0) is 5.40. The molecule has 2 rings (SSSR count). The van der Waals surface area contributed by atoms with Gasteiger partial charge < -0.3 is 0 Å². The molecule has 1 atom stereocenters. The van der Waals surface area contributed by atoms with Gasteiger partial charge in [-0.25, -0.2) is 11.0 Å². The van der Waals surface area contributed by atoms with Gasteiger partial charge in [-0.05, 0) is 12.8 Å². The molecule has 1 heterocycles. The third-order valence-electron chi connectivity index (χ3n) is 1.85. The first-order chi connectivity index (χ1) is 3.97. The summed E-state index contributed by atoms with van der Waals surface area (Å²) in [6.45, 7) is 1.07. The molecule has 0 radical (unpaired) electrons. The molecule has 0 aromatic rings. The van der Waals surface area contributed by atoms with Gasteiger partial charge in [-0.3, -0.25) is 0 Å². The van der Waals surface area contributed by atoms with Gasteiger partial charge >= 0.3 is 0 Å². The molecule has 0 saturated heterocycles. The lowest BCUT2D eigenvalue weighted by molar-refractivity contribution is 0.409. The van der Waals surface area contributed by atoms with Crippen molar-refractivity contribution in [1.29, 1.82) is 0 Å². The number of rotatable bonds is 0. The molecule has 0 bridgehead atoms. The minimum atomic E-state index is 0.760. The molecule has 2 N–H and O–H groups in total. The van der Waals surface area contributed by atoms with Gasteiger partial charge in [0.15, 0.2) is 0 Å². The molecule has 1 fully saturated rings. The van der Waals surface area contributed by atoms with Crippen LogP contribution < -0.4 is 11.0 Å². The normalized spacial score (nSPS) is 34.0. The molecule has 0 spiro atoms. The van der Waals surface area contributed by atoms with Crippen molar-refractivity contribution >= 4 is 5.71 Å². The Kier molecular flexibility index (Phi) is 0.784. The number of nitrogens with one attached hydrogen (secondary N) is 2. The van der Waals surface area contributed by atoms with Gasteiger partial charge in [0.1, 0.15) is 0 Å². The highest BCUT2D eigenvalue weighted by Gasteiger charge is 2.27. The Hall–Kier alpha value is -0.570. The molecule has 0 aromatic carbocycles. The van der Waals surface area contributed by atoms with Crippen molar-refractivity contribution in [2.75, 3.05) is 6.54 Å². The maximum atomic E-state index is 4.05. The molecule has 0 aromatic heterocycles. The Balaban J connectivity index is 2.13. The lowest BCUT2D eigenvalue weighted by atomic mass is 9.83. The standard InChI is InChI=1S/C5H9N3/c1-2-5-4(1)3-6-8-7-5/h4,6,8H,1-3H2. The Morgan fingerprint density at radius 2 is 2.62 bits per heavy atom. The van der Waals surface area contributed by atoms with Crippen LogP contribution >= 0.6 is 0 Å². The van der Waals surface area contributed by atoms with Crippen LogP contribution in [-0.2, 0) is 0 Å². The van der Waals surface area contributed by atoms with Crippen LogP contribution in [0.15, 0.2) is 5.10 Å². The zero-order valence-corrected chi connectivity index (χ0v) is 4.65. The van der Waals surface area contributed by atoms with Gasteiger partial charge in [0.25, 0.3) is 0 Å². The molecule has 3 heteroatoms. The van der Waals surface area contributed by atoms with Gasteiger partial charge in [0.2, 0.25) is 0 Å². The fourth-order valence-electron chi connectivity index (χ4n) is 1.12. The number of hydrogen-bond donors (Lipinski definition) is 2. The van der Waals surface area contributed by atoms with Crippen LogP contribution in [0.3, 0.4) is 0 Å². The van der Waals surface area contributed by atoms with E-state index in [4.69, 9.17) is 0 Å². The topological polar surface area (TPSA) is 36.4 Å². The zero-order valence-electron chi connectivity index (χ0n) is 4.65. The van der Waals surface area contributed by atoms with Crippen molar-refractivity contribution in [3.63, 3.8) is 0 Å². The Morgan fingerprint density at radius 1 is 1.62 bits per heavy atom. The first kappa shape index (κ1) is 4.32. The van der Waals surface area contributed by atoms with Crippen LogP contribution in [0, 0.1) is 5.92 Å². The molecule has 3 nitrogen and oxygen atoms in total. The third kappa shape index (κ3) is 0.448. The van der Waals surface area contributed by atoms with E-state index >= 15 is 0 Å². The first-order valence-corrected chi connectivity index (χ1v) is 3.01. The average molecular weight is 111 g/mol. The molecule has 1 aliphatic heterocycles. The summed E-state index contributed by atoms with van der Waals surface area (Å²) < 4.78 is 0. The van der Waals surface area contributed by atoms with E-state index in [0.717, 1.165) is 12.5 Å². The second-order valence-corrected chi connectivity index (χ2v) is 2.33. The Morgan fingerprint density at radius 3 is 3.00 bits per heavy atom. The van der Waals surface area contributed by atoms with Gasteiger partial charge in [0.05, 0.1) is 0 Å². The van der Waals surface area contributed by atoms with Crippen molar-refractivity contribution in [2.45, 2.75) is 12.8 Å². The van der Waals surface area contributed by atoms with Gasteiger partial charge in [0, 0.05) is 18.2 Å². The predicted octanol–water partition coefficient (Wildman–Crippen LogP) is -0.140. The van der Waals surface area contributed by atoms with E-state index in [1.54, 1.807) is 0 Å². The minimum absolute atomic E-state index is 0.760. The lowest BCUT2D eigenvalue weighted by Gasteiger charge is -2.31. The highest BCUT2D eigenvalue weighted by molar-refractivity contribution is 5.92. The van der Waals surface area contributed by atoms with Crippen molar-refractivity contribution in [3.05, 3.63) is 0 Å². The molecule has 8 heavy (non-hydrogen) atoms. The number of hydrazone groups is 1. The Labute approximate surface area is 48.1 Å². The molecular formula is C5H9N3. The van der Waals surface area contributed by atoms with Crippen LogP contribution in [-0.4, -0.2) is 12.3 Å². The highest BCUT2D eigenvalue weighted by Crippen LogP contribution is 2.23. The van der Waals surface area contributed by atoms with Crippen LogP contribution in [0.2, 0.25) is 0 Å². The van der Waals surface area contributed by atoms with E-state index in [1.807, 2.05) is 0 Å². The van der Waals surface area contributed by atoms with Crippen LogP contribution in [0.1, 0.15) is 12.8 Å². The Bertz CT molecular complexity index is 130. The molecule has 1 aliphatic carbocycles. The van der Waals surface area contributed by atoms with E-state index in [1.165, 1.54) is 18.6 Å². The SMILES string of the molecule is C1CC2CNNN=C12. The summed E-state index contributed by atoms with van der Waals surface area (Å²) >= 11 is 0. The molecular weight excluding hydrogens is 102 g/mol. The van der Waals surface area contributed by atoms with Gasteiger partial charge in [-0.2, -0.15) is 5.10 Å². The summed E-state index contributed by atoms with van der Waals surface area (Å²) in [6, 6.07) is 0. The third-order valence-corrected chi connectivity index (χ3v) is 1.85. The number of hydrazine groups is 1. The second kappa shape index (κ2) is 1.45. The smallest absolute Gasteiger partial charge is 0.0438 e. The first-order valence-electron chi connectivity index (χ1n) is 3.01. The lowest BCUT2D eigenvalue weighted by Crippen LogP contribution is -2.46. The monoisotopic (exact) mass is 111 g/mol. The largest absolute Gasteiger partial charge is 0.243 e. The average Bonchev–Trinajstić information content (AvgIpc) is 1.72. The summed E-state index contributed by atoms with van der Waals surface area (Å²) in [5, 5.41) is 4.05. The summed E-state index contributed by atoms with van der Waals surface area (Å²) in [7, 11) is 0. The van der Waals surface area contributed by atoms with Crippen molar-refractivity contribution in [2.24, 2.45) is 11.0 Å². The van der Waals surface area contributed by atoms with Crippen LogP contribution in [0.5, 0.6) is 0 Å². The van der Waals surface area contributed by atoms with Crippen molar-refractivity contribution in [3.8, 4) is 0 Å². The maximum absolute atomic E-state index is 4.05. The second-order valence-electron chi connectivity index (χ2n) is 2.33. The number of fused-ring (bicyclic) bond motifs is 1. The molecule has 1 saturated carbocycles. The van der Waals surface area contributed by atoms with Crippen molar-refractivity contribution < 1.29 is 0 Å². The van der Waals surface area contributed by atoms with Crippen LogP contribution in [0.25, 0.3) is 0 Å². The minimum Gasteiger partial charge on any atom is -0.243 e. The van der Waals surface area contributed by atoms with Crippen molar-refractivity contribution in [1.82, 2.24) is 11.0 Å². The van der Waals surface area contributed by atoms with Gasteiger partial charge in [-0.1, -0.05) is 0 Å². The highest BCUT2D eigenvalue weighted by atomic mass is 15.6. The predicted molar refractivity (Wildman–Crippen MR) is 31.3 cm³/mol. The van der Waals surface area contributed by atoms with Gasteiger partial charge in [-0.15, -0.1) is 0 Å². The molecule has 1 unspecified atom stereocenters. The fraction of sp³-hybridized carbons (Fsp3) is 0.800. The van der Waals surface area contributed by atoms with E-state index in [2.05, 4.69) is 16.1 Å². The quantitative estimate of drug-likeness (QED) is 0.456. The van der Waals surface area contributed by atoms with E-state index in [-0.39, 0.29) is 0 Å². The number of nitrogens with zero attached hydrogens (tertiary/aromatic N) is 1. The summed E-state index contributed by atoms with van der Waals surface area (Å²) in [5.41, 5.74) is 7.08. The maximum Gasteiger partial charge on any atom is 0.0438 e. The van der Waals surface area contributed by atoms with Crippen LogP contribution in [0.4, 0.5) is 0 Å². The summed E-state index contributed by atoms with van der Waals surface area (Å²) in [6.07, 6.45) is 2.53. The van der Waals surface area contributed by atoms with E-state index in [0.29, 0.717) is 0 Å². The molecule has 0 amide bonds. The molecule has 44 valence electrons. The summed E-state index contributed by atoms with van der Waals surface area (Å²) in [5.74, 6) is 0.760. The number of hydrogen-bond acceptors (Lipinski definition) is 3. The van der Waals surface area contributed by atoms with E-state index < -0.39 is 0 Å². The molecule has 2 aliphatic rings. The van der Waals surface area contributed by atoms with E-state index in [9.17, 15) is 0 Å².